The number of hydrogen-bond acceptors (Lipinski definition) is 8. The van der Waals surface area contributed by atoms with Crippen LogP contribution in [0.4, 0.5) is 34.5 Å². The van der Waals surface area contributed by atoms with Crippen molar-refractivity contribution < 1.29 is 14.6 Å². The predicted molar refractivity (Wildman–Crippen MR) is 140 cm³/mol. The van der Waals surface area contributed by atoms with Gasteiger partial charge in [-0.3, -0.25) is 4.79 Å². The summed E-state index contributed by atoms with van der Waals surface area (Å²) in [6.07, 6.45) is 3.90. The number of aliphatic hydroxyl groups is 1. The second kappa shape index (κ2) is 8.98. The number of rotatable bonds is 5. The number of aromatic nitrogens is 2. The van der Waals surface area contributed by atoms with E-state index in [2.05, 4.69) is 32.2 Å². The maximum Gasteiger partial charge on any atom is 0.260 e. The van der Waals surface area contributed by atoms with Crippen LogP contribution in [-0.4, -0.2) is 60.4 Å². The molecule has 3 aliphatic rings. The maximum absolute atomic E-state index is 13.2. The molecular weight excluding hydrogens is 456 g/mol. The fourth-order valence-electron chi connectivity index (χ4n) is 5.32. The summed E-state index contributed by atoms with van der Waals surface area (Å²) in [6.45, 7) is 4.89. The number of carbonyl (C=O) groups is 1. The number of nitrogens with zero attached hydrogens (tertiary/aromatic N) is 5. The molecule has 1 saturated heterocycles. The minimum absolute atomic E-state index is 0.0544. The van der Waals surface area contributed by atoms with Crippen LogP contribution in [0.3, 0.4) is 0 Å². The van der Waals surface area contributed by atoms with Crippen molar-refractivity contribution in [3.8, 4) is 5.75 Å². The molecule has 3 aliphatic heterocycles. The first-order valence-electron chi connectivity index (χ1n) is 12.5. The number of anilines is 6. The third kappa shape index (κ3) is 3.80. The summed E-state index contributed by atoms with van der Waals surface area (Å²) < 4.78 is 5.97. The minimum Gasteiger partial charge on any atom is -0.492 e. The topological polar surface area (TPSA) is 94.1 Å². The quantitative estimate of drug-likeness (QED) is 0.562. The van der Waals surface area contributed by atoms with Crippen LogP contribution in [0.1, 0.15) is 35.7 Å². The first-order chi connectivity index (χ1) is 17.5. The molecule has 4 heterocycles. The first kappa shape index (κ1) is 22.6. The molecule has 36 heavy (non-hydrogen) atoms. The normalized spacial score (nSPS) is 17.1. The number of para-hydroxylation sites is 1. The Bertz CT molecular complexity index is 1320. The van der Waals surface area contributed by atoms with Crippen molar-refractivity contribution in [1.82, 2.24) is 9.97 Å². The second-order valence-electron chi connectivity index (χ2n) is 9.44. The Labute approximate surface area is 210 Å². The van der Waals surface area contributed by atoms with Crippen LogP contribution in [0.5, 0.6) is 5.75 Å². The molecule has 0 bridgehead atoms. The van der Waals surface area contributed by atoms with Gasteiger partial charge in [-0.15, -0.1) is 0 Å². The summed E-state index contributed by atoms with van der Waals surface area (Å²) in [7, 11) is 1.77. The van der Waals surface area contributed by atoms with Crippen molar-refractivity contribution in [1.29, 1.82) is 0 Å². The Kier molecular flexibility index (Phi) is 5.64. The van der Waals surface area contributed by atoms with Crippen molar-refractivity contribution in [2.45, 2.75) is 32.3 Å². The van der Waals surface area contributed by atoms with E-state index in [0.717, 1.165) is 67.3 Å². The van der Waals surface area contributed by atoms with Crippen LogP contribution < -0.4 is 24.8 Å². The standard InChI is InChI=1S/C27H30N6O3/c1-3-36-23-15-18(32-12-10-19(34)11-13-32)7-8-21(23)29-27-28-16-22-25(30-27)33-14-9-17-5-4-6-20(24(17)33)26(35)31(22)2/h4-8,15-16,19,34H,3,9-14H2,1-2H3,(H,28,29,30). The Balaban J connectivity index is 1.33. The van der Waals surface area contributed by atoms with Gasteiger partial charge in [-0.2, -0.15) is 4.98 Å². The summed E-state index contributed by atoms with van der Waals surface area (Å²) in [5, 5.41) is 13.2. The highest BCUT2D eigenvalue weighted by Gasteiger charge is 2.35. The molecule has 0 saturated carbocycles. The van der Waals surface area contributed by atoms with E-state index in [4.69, 9.17) is 9.72 Å². The minimum atomic E-state index is -0.216. The van der Waals surface area contributed by atoms with E-state index in [0.29, 0.717) is 29.6 Å². The van der Waals surface area contributed by atoms with Crippen molar-refractivity contribution in [2.75, 3.05) is 53.3 Å². The molecular formula is C27H30N6O3. The van der Waals surface area contributed by atoms with E-state index < -0.39 is 0 Å². The van der Waals surface area contributed by atoms with Crippen LogP contribution in [0.25, 0.3) is 0 Å². The molecule has 2 aromatic carbocycles. The molecule has 0 radical (unpaired) electrons. The average Bonchev–Trinajstić information content (AvgIpc) is 3.30. The molecule has 1 fully saturated rings. The highest BCUT2D eigenvalue weighted by molar-refractivity contribution is 6.14. The summed E-state index contributed by atoms with van der Waals surface area (Å²) in [4.78, 5) is 28.6. The predicted octanol–water partition coefficient (Wildman–Crippen LogP) is 3.86. The van der Waals surface area contributed by atoms with E-state index >= 15 is 0 Å². The molecule has 186 valence electrons. The van der Waals surface area contributed by atoms with Gasteiger partial charge in [0.25, 0.3) is 5.91 Å². The monoisotopic (exact) mass is 486 g/mol. The third-order valence-corrected chi connectivity index (χ3v) is 7.24. The molecule has 3 aromatic rings. The molecule has 0 spiro atoms. The highest BCUT2D eigenvalue weighted by Crippen LogP contribution is 2.44. The molecule has 2 N–H and O–H groups in total. The van der Waals surface area contributed by atoms with Crippen molar-refractivity contribution in [2.24, 2.45) is 0 Å². The molecule has 0 unspecified atom stereocenters. The number of piperidine rings is 1. The van der Waals surface area contributed by atoms with Crippen molar-refractivity contribution in [3.63, 3.8) is 0 Å². The van der Waals surface area contributed by atoms with Gasteiger partial charge >= 0.3 is 0 Å². The summed E-state index contributed by atoms with van der Waals surface area (Å²) in [6, 6.07) is 12.0. The number of benzene rings is 2. The van der Waals surface area contributed by atoms with Gasteiger partial charge in [-0.05, 0) is 49.9 Å². The van der Waals surface area contributed by atoms with Crippen LogP contribution >= 0.6 is 0 Å². The number of fused-ring (bicyclic) bond motifs is 2. The van der Waals surface area contributed by atoms with E-state index in [-0.39, 0.29) is 12.0 Å². The molecule has 0 atom stereocenters. The molecule has 6 rings (SSSR count). The van der Waals surface area contributed by atoms with Crippen LogP contribution in [0.2, 0.25) is 0 Å². The average molecular weight is 487 g/mol. The van der Waals surface area contributed by atoms with Crippen LogP contribution in [0, 0.1) is 0 Å². The summed E-state index contributed by atoms with van der Waals surface area (Å²) in [5.41, 5.74) is 5.33. The summed E-state index contributed by atoms with van der Waals surface area (Å²) >= 11 is 0. The number of hydrogen-bond donors (Lipinski definition) is 2. The van der Waals surface area contributed by atoms with Crippen molar-refractivity contribution >= 4 is 40.4 Å². The van der Waals surface area contributed by atoms with Gasteiger partial charge in [0.1, 0.15) is 11.4 Å². The van der Waals surface area contributed by atoms with Gasteiger partial charge < -0.3 is 29.9 Å². The lowest BCUT2D eigenvalue weighted by atomic mass is 10.1. The Morgan fingerprint density at radius 3 is 2.81 bits per heavy atom. The lowest BCUT2D eigenvalue weighted by molar-refractivity contribution is 0.0994. The zero-order valence-electron chi connectivity index (χ0n) is 20.6. The van der Waals surface area contributed by atoms with Crippen LogP contribution in [0.15, 0.2) is 42.6 Å². The lowest BCUT2D eigenvalue weighted by Gasteiger charge is -2.32. The number of amides is 1. The van der Waals surface area contributed by atoms with E-state index in [9.17, 15) is 9.90 Å². The lowest BCUT2D eigenvalue weighted by Crippen LogP contribution is -2.35. The fraction of sp³-hybridized carbons (Fsp3) is 0.370. The molecule has 9 nitrogen and oxygen atoms in total. The number of nitrogens with one attached hydrogen (secondary N) is 1. The van der Waals surface area contributed by atoms with Gasteiger partial charge in [0.15, 0.2) is 5.82 Å². The van der Waals surface area contributed by atoms with Gasteiger partial charge in [-0.1, -0.05) is 12.1 Å². The smallest absolute Gasteiger partial charge is 0.260 e. The van der Waals surface area contributed by atoms with Gasteiger partial charge in [0, 0.05) is 38.4 Å². The zero-order valence-corrected chi connectivity index (χ0v) is 20.6. The Morgan fingerprint density at radius 2 is 2.00 bits per heavy atom. The highest BCUT2D eigenvalue weighted by atomic mass is 16.5. The second-order valence-corrected chi connectivity index (χ2v) is 9.44. The van der Waals surface area contributed by atoms with E-state index in [1.165, 1.54) is 0 Å². The van der Waals surface area contributed by atoms with Gasteiger partial charge in [0.05, 0.1) is 35.8 Å². The van der Waals surface area contributed by atoms with Gasteiger partial charge in [-0.25, -0.2) is 4.98 Å². The number of aliphatic hydroxyl groups excluding tert-OH is 1. The van der Waals surface area contributed by atoms with Crippen LogP contribution in [-0.2, 0) is 6.42 Å². The fourth-order valence-corrected chi connectivity index (χ4v) is 5.32. The summed E-state index contributed by atoms with van der Waals surface area (Å²) in [5.74, 6) is 1.83. The van der Waals surface area contributed by atoms with Crippen molar-refractivity contribution in [3.05, 3.63) is 53.7 Å². The van der Waals surface area contributed by atoms with Gasteiger partial charge in [0.2, 0.25) is 5.95 Å². The first-order valence-corrected chi connectivity index (χ1v) is 12.5. The van der Waals surface area contributed by atoms with E-state index in [1.54, 1.807) is 18.1 Å². The maximum atomic E-state index is 13.2. The third-order valence-electron chi connectivity index (χ3n) is 7.24. The van der Waals surface area contributed by atoms with E-state index in [1.807, 2.05) is 31.2 Å². The molecule has 9 heteroatoms. The molecule has 0 aliphatic carbocycles. The SMILES string of the molecule is CCOc1cc(N2CCC(O)CC2)ccc1Nc1ncc2c(n1)N1CCc3cccc(c31)C(=O)N2C. The number of ether oxygens (including phenoxy) is 1. The molecule has 1 aromatic heterocycles. The Morgan fingerprint density at radius 1 is 1.17 bits per heavy atom. The Hall–Kier alpha value is -3.85. The number of carbonyl (C=O) groups excluding carboxylic acids is 1. The zero-order chi connectivity index (χ0) is 24.8. The largest absolute Gasteiger partial charge is 0.492 e. The molecule has 1 amide bonds.